The van der Waals surface area contributed by atoms with Gasteiger partial charge in [0.25, 0.3) is 17.4 Å². The SMILES string of the molecule is C#CCN1C(=O)C(F)(F)Oc2cc(F)c(-n3c(=O)cc(C(F)(F)F)n(C)c3=O)cc21.C#CCN1C(=O)C(F)(F)Oc2cc(F)c(N3C(=O)C4=C(CCCC4)C3=O)cc21. The number of alkyl halides is 7. The van der Waals surface area contributed by atoms with E-state index in [9.17, 15) is 68.3 Å². The molecule has 0 fully saturated rings. The van der Waals surface area contributed by atoms with Crippen molar-refractivity contribution in [2.75, 3.05) is 27.8 Å². The summed E-state index contributed by atoms with van der Waals surface area (Å²) < 4.78 is 132. The molecule has 2 aromatic carbocycles. The molecule has 0 N–H and O–H groups in total. The lowest BCUT2D eigenvalue weighted by molar-refractivity contribution is -0.192. The van der Waals surface area contributed by atoms with E-state index in [0.717, 1.165) is 18.9 Å². The average Bonchev–Trinajstić information content (AvgIpc) is 3.39. The first kappa shape index (κ1) is 40.7. The van der Waals surface area contributed by atoms with E-state index in [4.69, 9.17) is 12.8 Å². The maximum atomic E-state index is 14.7. The number of nitrogens with zero attached hydrogens (tertiary/aromatic N) is 5. The number of fused-ring (bicyclic) bond motifs is 2. The lowest BCUT2D eigenvalue weighted by atomic mass is 9.93. The van der Waals surface area contributed by atoms with E-state index in [1.165, 1.54) is 0 Å². The van der Waals surface area contributed by atoms with Crippen molar-refractivity contribution in [1.82, 2.24) is 9.13 Å². The number of anilines is 3. The molecule has 7 rings (SSSR count). The van der Waals surface area contributed by atoms with Crippen LogP contribution in [-0.2, 0) is 32.4 Å². The number of hydrogen-bond donors (Lipinski definition) is 0. The number of aromatic nitrogens is 2. The van der Waals surface area contributed by atoms with Crippen LogP contribution in [0.1, 0.15) is 31.4 Å². The van der Waals surface area contributed by atoms with Gasteiger partial charge in [0.2, 0.25) is 0 Å². The molecule has 3 aromatic rings. The van der Waals surface area contributed by atoms with Crippen LogP contribution in [0.2, 0.25) is 0 Å². The van der Waals surface area contributed by atoms with Gasteiger partial charge in [0.05, 0.1) is 35.8 Å². The zero-order valence-electron chi connectivity index (χ0n) is 29.2. The van der Waals surface area contributed by atoms with Gasteiger partial charge in [0, 0.05) is 36.4 Å². The molecule has 3 aliphatic heterocycles. The lowest BCUT2D eigenvalue weighted by Crippen LogP contribution is -2.51. The van der Waals surface area contributed by atoms with E-state index < -0.39 is 112 Å². The third-order valence-electron chi connectivity index (χ3n) is 9.08. The molecule has 1 aromatic heterocycles. The third-order valence-corrected chi connectivity index (χ3v) is 9.08. The van der Waals surface area contributed by atoms with E-state index in [1.807, 2.05) is 5.92 Å². The van der Waals surface area contributed by atoms with Crippen LogP contribution in [0.5, 0.6) is 11.5 Å². The molecule has 0 atom stereocenters. The molecule has 0 bridgehead atoms. The second-order valence-corrected chi connectivity index (χ2v) is 12.6. The van der Waals surface area contributed by atoms with Gasteiger partial charge in [-0.2, -0.15) is 30.7 Å². The molecule has 4 aliphatic rings. The minimum atomic E-state index is -5.05. The largest absolute Gasteiger partial charge is 0.483 e. The fourth-order valence-corrected chi connectivity index (χ4v) is 6.46. The standard InChI is InChI=1S/C19H13F3N2O4.C17H9F6N3O4/c1-2-7-23-14-9-13(12(20)8-15(14)28-19(21,22)18(23)27)24-16(25)10-5-3-4-6-11(10)17(24)26;1-3-4-25-10-6-9(8(18)5-11(10)30-17(22,23)14(25)28)26-13(27)7-12(16(19,20)21)24(2)15(26)29/h1,8-9H,3-7H2;1,5-7H,4H2,2H3. The smallest absolute Gasteiger partial charge is 0.423 e. The van der Waals surface area contributed by atoms with Gasteiger partial charge in [0.15, 0.2) is 23.1 Å². The molecule has 302 valence electrons. The van der Waals surface area contributed by atoms with Crippen LogP contribution in [0.15, 0.2) is 51.1 Å². The summed E-state index contributed by atoms with van der Waals surface area (Å²) in [6.07, 6.45) is -1.10. The molecule has 1 aliphatic carbocycles. The van der Waals surface area contributed by atoms with E-state index in [1.54, 1.807) is 0 Å². The average molecular weight is 824 g/mol. The Bertz CT molecular complexity index is 2550. The van der Waals surface area contributed by atoms with Gasteiger partial charge in [-0.3, -0.25) is 38.3 Å². The van der Waals surface area contributed by atoms with Crippen molar-refractivity contribution in [3.05, 3.63) is 79.6 Å². The van der Waals surface area contributed by atoms with Gasteiger partial charge in [0.1, 0.15) is 5.69 Å². The number of ether oxygens (including phenoxy) is 2. The first-order valence-corrected chi connectivity index (χ1v) is 16.4. The Kier molecular flexibility index (Phi) is 9.96. The molecule has 58 heavy (non-hydrogen) atoms. The fourth-order valence-electron chi connectivity index (χ4n) is 6.46. The molecule has 0 spiro atoms. The van der Waals surface area contributed by atoms with Crippen molar-refractivity contribution in [3.63, 3.8) is 0 Å². The zero-order valence-corrected chi connectivity index (χ0v) is 29.2. The van der Waals surface area contributed by atoms with E-state index in [-0.39, 0.29) is 20.9 Å². The maximum Gasteiger partial charge on any atom is 0.483 e. The molecular weight excluding hydrogens is 801 g/mol. The summed E-state index contributed by atoms with van der Waals surface area (Å²) in [5, 5.41) is 0. The molecule has 0 saturated carbocycles. The Hall–Kier alpha value is -6.97. The van der Waals surface area contributed by atoms with Crippen molar-refractivity contribution in [1.29, 1.82) is 0 Å². The van der Waals surface area contributed by atoms with Crippen LogP contribution >= 0.6 is 0 Å². The van der Waals surface area contributed by atoms with Crippen molar-refractivity contribution in [2.24, 2.45) is 7.05 Å². The quantitative estimate of drug-likeness (QED) is 0.217. The number of amides is 4. The molecule has 0 radical (unpaired) electrons. The molecule has 4 amide bonds. The maximum absolute atomic E-state index is 14.7. The number of rotatable bonds is 4. The van der Waals surface area contributed by atoms with Gasteiger partial charge in [-0.25, -0.2) is 23.0 Å². The van der Waals surface area contributed by atoms with Crippen LogP contribution in [0, 0.1) is 36.3 Å². The van der Waals surface area contributed by atoms with E-state index in [0.29, 0.717) is 63.9 Å². The first-order chi connectivity index (χ1) is 27.0. The van der Waals surface area contributed by atoms with Crippen LogP contribution < -0.4 is 35.4 Å². The number of benzene rings is 2. The molecular formula is C36H22F9N5O8. The van der Waals surface area contributed by atoms with Crippen LogP contribution in [0.3, 0.4) is 0 Å². The van der Waals surface area contributed by atoms with Gasteiger partial charge >= 0.3 is 35.9 Å². The summed E-state index contributed by atoms with van der Waals surface area (Å²) >= 11 is 0. The minimum absolute atomic E-state index is 0.0517. The van der Waals surface area contributed by atoms with Gasteiger partial charge in [-0.15, -0.1) is 12.8 Å². The second-order valence-electron chi connectivity index (χ2n) is 12.6. The van der Waals surface area contributed by atoms with Gasteiger partial charge in [-0.05, 0) is 37.8 Å². The zero-order chi connectivity index (χ0) is 42.8. The Morgan fingerprint density at radius 2 is 1.12 bits per heavy atom. The highest BCUT2D eigenvalue weighted by molar-refractivity contribution is 6.33. The molecule has 22 heteroatoms. The van der Waals surface area contributed by atoms with Crippen LogP contribution in [0.25, 0.3) is 5.69 Å². The number of carbonyl (C=O) groups excluding carboxylic acids is 4. The highest BCUT2D eigenvalue weighted by atomic mass is 19.4. The summed E-state index contributed by atoms with van der Waals surface area (Å²) in [5.41, 5.74) is -6.08. The summed E-state index contributed by atoms with van der Waals surface area (Å²) in [6, 6.07) is 2.63. The van der Waals surface area contributed by atoms with Gasteiger partial charge in [-0.1, -0.05) is 11.8 Å². The number of terminal acetylenes is 2. The highest BCUT2D eigenvalue weighted by Gasteiger charge is 2.52. The lowest BCUT2D eigenvalue weighted by Gasteiger charge is -2.33. The van der Waals surface area contributed by atoms with Crippen LogP contribution in [-0.4, -0.2) is 58.1 Å². The number of imide groups is 1. The predicted molar refractivity (Wildman–Crippen MR) is 180 cm³/mol. The molecule has 0 unspecified atom stereocenters. The number of carbonyl (C=O) groups is 4. The summed E-state index contributed by atoms with van der Waals surface area (Å²) in [5.74, 6) is -4.87. The predicted octanol–water partition coefficient (Wildman–Crippen LogP) is 4.17. The Morgan fingerprint density at radius 3 is 1.55 bits per heavy atom. The summed E-state index contributed by atoms with van der Waals surface area (Å²) in [6.45, 7) is -1.22. The monoisotopic (exact) mass is 823 g/mol. The van der Waals surface area contributed by atoms with E-state index >= 15 is 0 Å². The summed E-state index contributed by atoms with van der Waals surface area (Å²) in [4.78, 5) is 75.3. The fraction of sp³-hybridized carbons (Fsp3) is 0.278. The Balaban J connectivity index is 0.000000196. The van der Waals surface area contributed by atoms with Crippen molar-refractivity contribution < 1.29 is 68.2 Å². The third kappa shape index (κ3) is 6.69. The minimum Gasteiger partial charge on any atom is -0.423 e. The molecule has 4 heterocycles. The Labute approximate surface area is 318 Å². The van der Waals surface area contributed by atoms with Crippen molar-refractivity contribution >= 4 is 40.7 Å². The molecule has 0 saturated heterocycles. The normalized spacial score (nSPS) is 18.0. The second kappa shape index (κ2) is 14.2. The Morgan fingerprint density at radius 1 is 0.690 bits per heavy atom. The summed E-state index contributed by atoms with van der Waals surface area (Å²) in [7, 11) is 0.704. The highest BCUT2D eigenvalue weighted by Crippen LogP contribution is 2.45. The molecule has 13 nitrogen and oxygen atoms in total. The van der Waals surface area contributed by atoms with Crippen molar-refractivity contribution in [3.8, 4) is 41.9 Å². The first-order valence-electron chi connectivity index (χ1n) is 16.4. The van der Waals surface area contributed by atoms with Crippen LogP contribution in [0.4, 0.5) is 56.6 Å². The van der Waals surface area contributed by atoms with Gasteiger partial charge < -0.3 is 9.47 Å². The number of hydrogen-bond acceptors (Lipinski definition) is 8. The van der Waals surface area contributed by atoms with Crippen molar-refractivity contribution in [2.45, 2.75) is 44.1 Å². The van der Waals surface area contributed by atoms with E-state index in [2.05, 4.69) is 15.4 Å². The topological polar surface area (TPSA) is 140 Å². The number of halogens is 9.